The van der Waals surface area contributed by atoms with Crippen molar-refractivity contribution in [3.8, 4) is 0 Å². The minimum atomic E-state index is -0.442. The minimum absolute atomic E-state index is 0.390. The van der Waals surface area contributed by atoms with Gasteiger partial charge in [-0.15, -0.1) is 11.3 Å². The second-order valence-electron chi connectivity index (χ2n) is 5.35. The van der Waals surface area contributed by atoms with Crippen LogP contribution < -0.4 is 10.6 Å². The van der Waals surface area contributed by atoms with Gasteiger partial charge in [-0.05, 0) is 42.0 Å². The van der Waals surface area contributed by atoms with Gasteiger partial charge in [-0.25, -0.2) is 4.79 Å². The highest BCUT2D eigenvalue weighted by Crippen LogP contribution is 2.37. The van der Waals surface area contributed by atoms with Crippen LogP contribution in [-0.2, 0) is 11.3 Å². The van der Waals surface area contributed by atoms with Crippen LogP contribution in [0.2, 0.25) is 10.0 Å². The van der Waals surface area contributed by atoms with Crippen LogP contribution in [0, 0.1) is 0 Å². The van der Waals surface area contributed by atoms with Crippen molar-refractivity contribution < 1.29 is 9.53 Å². The summed E-state index contributed by atoms with van der Waals surface area (Å²) in [6.07, 6.45) is 0. The molecule has 3 rings (SSSR count). The number of esters is 1. The maximum atomic E-state index is 11.8. The molecule has 0 aliphatic rings. The van der Waals surface area contributed by atoms with E-state index in [0.29, 0.717) is 26.6 Å². The van der Waals surface area contributed by atoms with Gasteiger partial charge in [0, 0.05) is 27.3 Å². The van der Waals surface area contributed by atoms with Crippen LogP contribution in [0.4, 0.5) is 5.69 Å². The molecule has 0 fully saturated rings. The van der Waals surface area contributed by atoms with Gasteiger partial charge >= 0.3 is 5.97 Å². The van der Waals surface area contributed by atoms with Crippen molar-refractivity contribution >= 4 is 73.6 Å². The first-order valence-corrected chi connectivity index (χ1v) is 9.56. The van der Waals surface area contributed by atoms with E-state index in [4.69, 9.17) is 40.2 Å². The number of methoxy groups -OCH3 is 1. The molecule has 0 aliphatic carbocycles. The molecule has 2 aromatic carbocycles. The lowest BCUT2D eigenvalue weighted by Crippen LogP contribution is -2.27. The molecule has 0 aliphatic heterocycles. The molecule has 0 saturated carbocycles. The lowest BCUT2D eigenvalue weighted by Gasteiger charge is -2.11. The maximum absolute atomic E-state index is 11.8. The highest BCUT2D eigenvalue weighted by molar-refractivity contribution is 7.80. The number of halogens is 2. The van der Waals surface area contributed by atoms with E-state index >= 15 is 0 Å². The SMILES string of the molecule is COC(=O)c1sc2cc(NC(=S)NCc3ccccc3Cl)ccc2c1Cl. The zero-order valence-electron chi connectivity index (χ0n) is 13.6. The van der Waals surface area contributed by atoms with Crippen molar-refractivity contribution in [3.05, 3.63) is 63.0 Å². The van der Waals surface area contributed by atoms with E-state index in [9.17, 15) is 4.79 Å². The summed E-state index contributed by atoms with van der Waals surface area (Å²) in [5.74, 6) is -0.442. The second-order valence-corrected chi connectivity index (χ2v) is 7.59. The van der Waals surface area contributed by atoms with E-state index in [2.05, 4.69) is 10.6 Å². The Hall–Kier alpha value is -1.86. The Morgan fingerprint density at radius 2 is 2.00 bits per heavy atom. The largest absolute Gasteiger partial charge is 0.465 e. The highest BCUT2D eigenvalue weighted by atomic mass is 35.5. The number of rotatable bonds is 4. The van der Waals surface area contributed by atoms with Gasteiger partial charge in [-0.3, -0.25) is 0 Å². The number of hydrogen-bond donors (Lipinski definition) is 2. The van der Waals surface area contributed by atoms with E-state index in [1.165, 1.54) is 18.4 Å². The molecule has 2 N–H and O–H groups in total. The topological polar surface area (TPSA) is 50.4 Å². The average molecular weight is 425 g/mol. The van der Waals surface area contributed by atoms with E-state index in [1.54, 1.807) is 0 Å². The van der Waals surface area contributed by atoms with Gasteiger partial charge in [0.2, 0.25) is 0 Å². The smallest absolute Gasteiger partial charge is 0.349 e. The molecule has 4 nitrogen and oxygen atoms in total. The third kappa shape index (κ3) is 4.10. The molecular formula is C18H14Cl2N2O2S2. The number of carbonyl (C=O) groups is 1. The monoisotopic (exact) mass is 424 g/mol. The van der Waals surface area contributed by atoms with E-state index < -0.39 is 5.97 Å². The zero-order chi connectivity index (χ0) is 18.7. The van der Waals surface area contributed by atoms with Crippen molar-refractivity contribution in [2.45, 2.75) is 6.54 Å². The van der Waals surface area contributed by atoms with Crippen LogP contribution in [0.1, 0.15) is 15.2 Å². The molecule has 0 amide bonds. The second kappa shape index (κ2) is 8.22. The van der Waals surface area contributed by atoms with Crippen molar-refractivity contribution in [1.29, 1.82) is 0 Å². The Kier molecular flexibility index (Phi) is 5.98. The number of benzene rings is 2. The molecule has 26 heavy (non-hydrogen) atoms. The average Bonchev–Trinajstić information content (AvgIpc) is 2.96. The van der Waals surface area contributed by atoms with Crippen molar-refractivity contribution in [1.82, 2.24) is 5.32 Å². The van der Waals surface area contributed by atoms with Crippen LogP contribution in [-0.4, -0.2) is 18.2 Å². The Bertz CT molecular complexity index is 988. The summed E-state index contributed by atoms with van der Waals surface area (Å²) in [6, 6.07) is 13.2. The molecule has 0 radical (unpaired) electrons. The van der Waals surface area contributed by atoms with Gasteiger partial charge in [0.1, 0.15) is 4.88 Å². The number of hydrogen-bond acceptors (Lipinski definition) is 4. The summed E-state index contributed by atoms with van der Waals surface area (Å²) < 4.78 is 5.62. The third-order valence-corrected chi connectivity index (χ3v) is 5.91. The summed E-state index contributed by atoms with van der Waals surface area (Å²) in [5, 5.41) is 8.61. The summed E-state index contributed by atoms with van der Waals surface area (Å²) in [6.45, 7) is 0.519. The van der Waals surface area contributed by atoms with Gasteiger partial charge in [0.25, 0.3) is 0 Å². The van der Waals surface area contributed by atoms with Gasteiger partial charge < -0.3 is 15.4 Å². The van der Waals surface area contributed by atoms with Crippen molar-refractivity contribution in [2.24, 2.45) is 0 Å². The Labute approximate surface area is 170 Å². The number of carbonyl (C=O) groups excluding carboxylic acids is 1. The van der Waals surface area contributed by atoms with Crippen molar-refractivity contribution in [3.63, 3.8) is 0 Å². The first-order chi connectivity index (χ1) is 12.5. The molecular weight excluding hydrogens is 411 g/mol. The first-order valence-electron chi connectivity index (χ1n) is 7.58. The molecule has 3 aromatic rings. The van der Waals surface area contributed by atoms with Crippen LogP contribution >= 0.6 is 46.8 Å². The predicted octanol–water partition coefficient (Wildman–Crippen LogP) is 5.48. The lowest BCUT2D eigenvalue weighted by atomic mass is 10.2. The van der Waals surface area contributed by atoms with Crippen LogP contribution in [0.5, 0.6) is 0 Å². The summed E-state index contributed by atoms with van der Waals surface area (Å²) in [7, 11) is 1.33. The van der Waals surface area contributed by atoms with E-state index in [0.717, 1.165) is 21.3 Å². The van der Waals surface area contributed by atoms with Gasteiger partial charge in [-0.1, -0.05) is 41.4 Å². The molecule has 1 aromatic heterocycles. The Morgan fingerprint density at radius 1 is 1.23 bits per heavy atom. The van der Waals surface area contributed by atoms with E-state index in [-0.39, 0.29) is 0 Å². The number of thiocarbonyl (C=S) groups is 1. The van der Waals surface area contributed by atoms with Crippen LogP contribution in [0.15, 0.2) is 42.5 Å². The molecule has 1 heterocycles. The summed E-state index contributed by atoms with van der Waals surface area (Å²) in [4.78, 5) is 12.2. The molecule has 0 spiro atoms. The minimum Gasteiger partial charge on any atom is -0.465 e. The number of nitrogens with one attached hydrogen (secondary N) is 2. The highest BCUT2D eigenvalue weighted by Gasteiger charge is 2.17. The molecule has 0 unspecified atom stereocenters. The fourth-order valence-corrected chi connectivity index (χ4v) is 4.22. The van der Waals surface area contributed by atoms with E-state index in [1.807, 2.05) is 42.5 Å². The fraction of sp³-hybridized carbons (Fsp3) is 0.111. The Balaban J connectivity index is 1.71. The third-order valence-electron chi connectivity index (χ3n) is 3.66. The Morgan fingerprint density at radius 3 is 2.73 bits per heavy atom. The van der Waals surface area contributed by atoms with Crippen molar-refractivity contribution in [2.75, 3.05) is 12.4 Å². The number of fused-ring (bicyclic) bond motifs is 1. The number of anilines is 1. The predicted molar refractivity (Wildman–Crippen MR) is 113 cm³/mol. The summed E-state index contributed by atoms with van der Waals surface area (Å²) >= 11 is 19.0. The lowest BCUT2D eigenvalue weighted by molar-refractivity contribution is 0.0606. The standard InChI is InChI=1S/C18H14Cl2N2O2S2/c1-24-17(23)16-15(20)12-7-6-11(8-14(12)26-16)22-18(25)21-9-10-4-2-3-5-13(10)19/h2-8H,9H2,1H3,(H2,21,22,25). The van der Waals surface area contributed by atoms with Crippen LogP contribution in [0.3, 0.4) is 0 Å². The molecule has 0 saturated heterocycles. The molecule has 134 valence electrons. The molecule has 8 heteroatoms. The van der Waals surface area contributed by atoms with Gasteiger partial charge in [0.05, 0.1) is 12.1 Å². The number of ether oxygens (including phenoxy) is 1. The number of thiophene rings is 1. The first kappa shape index (κ1) is 18.9. The quantitative estimate of drug-likeness (QED) is 0.428. The molecule has 0 atom stereocenters. The van der Waals surface area contributed by atoms with Gasteiger partial charge in [0.15, 0.2) is 5.11 Å². The van der Waals surface area contributed by atoms with Crippen LogP contribution in [0.25, 0.3) is 10.1 Å². The van der Waals surface area contributed by atoms with Gasteiger partial charge in [-0.2, -0.15) is 0 Å². The zero-order valence-corrected chi connectivity index (χ0v) is 16.8. The normalized spacial score (nSPS) is 10.6. The summed E-state index contributed by atoms with van der Waals surface area (Å²) in [5.41, 5.74) is 1.75. The fourth-order valence-electron chi connectivity index (χ4n) is 2.36. The molecule has 0 bridgehead atoms. The maximum Gasteiger partial charge on any atom is 0.349 e.